The van der Waals surface area contributed by atoms with Gasteiger partial charge >= 0.3 is 5.97 Å². The quantitative estimate of drug-likeness (QED) is 0.912. The van der Waals surface area contributed by atoms with Gasteiger partial charge < -0.3 is 14.4 Å². The number of carbonyl (C=O) groups excluding carboxylic acids is 1. The highest BCUT2D eigenvalue weighted by atomic mass is 16.4. The van der Waals surface area contributed by atoms with E-state index in [-0.39, 0.29) is 12.3 Å². The topological polar surface area (TPSA) is 83.6 Å². The summed E-state index contributed by atoms with van der Waals surface area (Å²) in [6, 6.07) is 9.00. The highest BCUT2D eigenvalue weighted by molar-refractivity contribution is 5.84. The van der Waals surface area contributed by atoms with Crippen molar-refractivity contribution in [2.75, 3.05) is 6.54 Å². The standard InChI is InChI=1S/C18H20N2O4/c1-12-17(13-6-3-2-4-7-13)24-15(19-12)9-10-16(21)20-11-5-8-14(20)18(22)23/h2-4,6-7,14H,5,8-11H2,1H3,(H,22,23)/t14-/m1/s1. The van der Waals surface area contributed by atoms with Crippen LogP contribution in [0, 0.1) is 6.92 Å². The van der Waals surface area contributed by atoms with Crippen LogP contribution in [0.5, 0.6) is 0 Å². The van der Waals surface area contributed by atoms with E-state index in [1.807, 2.05) is 37.3 Å². The van der Waals surface area contributed by atoms with Crippen LogP contribution in [0.1, 0.15) is 30.8 Å². The van der Waals surface area contributed by atoms with Gasteiger partial charge in [0.1, 0.15) is 6.04 Å². The van der Waals surface area contributed by atoms with Crippen LogP contribution < -0.4 is 0 Å². The molecule has 1 saturated heterocycles. The fourth-order valence-electron chi connectivity index (χ4n) is 3.10. The summed E-state index contributed by atoms with van der Waals surface area (Å²) in [5.41, 5.74) is 1.73. The molecule has 1 aromatic heterocycles. The number of rotatable bonds is 5. The molecule has 0 spiro atoms. The van der Waals surface area contributed by atoms with Gasteiger partial charge in [0.15, 0.2) is 11.7 Å². The largest absolute Gasteiger partial charge is 0.480 e. The average molecular weight is 328 g/mol. The lowest BCUT2D eigenvalue weighted by atomic mass is 10.1. The summed E-state index contributed by atoms with van der Waals surface area (Å²) >= 11 is 0. The van der Waals surface area contributed by atoms with Crippen LogP contribution in [-0.4, -0.2) is 39.5 Å². The number of carboxylic acid groups (broad SMARTS) is 1. The zero-order chi connectivity index (χ0) is 17.1. The van der Waals surface area contributed by atoms with Crippen molar-refractivity contribution in [1.82, 2.24) is 9.88 Å². The van der Waals surface area contributed by atoms with Gasteiger partial charge in [-0.05, 0) is 19.8 Å². The summed E-state index contributed by atoms with van der Waals surface area (Å²) in [6.07, 6.45) is 1.84. The number of benzene rings is 1. The predicted octanol–water partition coefficient (Wildman–Crippen LogP) is 2.66. The Morgan fingerprint density at radius 3 is 2.79 bits per heavy atom. The van der Waals surface area contributed by atoms with E-state index in [0.29, 0.717) is 31.0 Å². The van der Waals surface area contributed by atoms with E-state index in [2.05, 4.69) is 4.98 Å². The third kappa shape index (κ3) is 3.32. The average Bonchev–Trinajstić information content (AvgIpc) is 3.20. The highest BCUT2D eigenvalue weighted by Gasteiger charge is 2.33. The van der Waals surface area contributed by atoms with Gasteiger partial charge in [-0.15, -0.1) is 0 Å². The van der Waals surface area contributed by atoms with Crippen molar-refractivity contribution in [3.05, 3.63) is 41.9 Å². The molecule has 6 nitrogen and oxygen atoms in total. The second-order valence-electron chi connectivity index (χ2n) is 5.97. The van der Waals surface area contributed by atoms with E-state index < -0.39 is 12.0 Å². The first-order chi connectivity index (χ1) is 11.6. The second kappa shape index (κ2) is 6.86. The number of hydrogen-bond acceptors (Lipinski definition) is 4. The Morgan fingerprint density at radius 2 is 2.08 bits per heavy atom. The van der Waals surface area contributed by atoms with Crippen LogP contribution in [0.2, 0.25) is 0 Å². The van der Waals surface area contributed by atoms with Gasteiger partial charge in [-0.1, -0.05) is 30.3 Å². The molecule has 0 aliphatic carbocycles. The molecule has 1 aliphatic rings. The van der Waals surface area contributed by atoms with E-state index in [0.717, 1.165) is 17.7 Å². The van der Waals surface area contributed by atoms with Crippen molar-refractivity contribution in [3.63, 3.8) is 0 Å². The van der Waals surface area contributed by atoms with Gasteiger partial charge in [-0.25, -0.2) is 9.78 Å². The molecule has 126 valence electrons. The Labute approximate surface area is 140 Å². The highest BCUT2D eigenvalue weighted by Crippen LogP contribution is 2.25. The molecule has 2 heterocycles. The van der Waals surface area contributed by atoms with Crippen LogP contribution in [0.25, 0.3) is 11.3 Å². The summed E-state index contributed by atoms with van der Waals surface area (Å²) < 4.78 is 5.79. The summed E-state index contributed by atoms with van der Waals surface area (Å²) in [4.78, 5) is 29.3. The Hall–Kier alpha value is -2.63. The number of aryl methyl sites for hydroxylation is 2. The minimum absolute atomic E-state index is 0.156. The smallest absolute Gasteiger partial charge is 0.326 e. The first kappa shape index (κ1) is 16.2. The van der Waals surface area contributed by atoms with E-state index in [1.54, 1.807) is 0 Å². The van der Waals surface area contributed by atoms with Gasteiger partial charge in [0.25, 0.3) is 0 Å². The lowest BCUT2D eigenvalue weighted by Crippen LogP contribution is -2.40. The predicted molar refractivity (Wildman–Crippen MR) is 87.4 cm³/mol. The van der Waals surface area contributed by atoms with Crippen LogP contribution >= 0.6 is 0 Å². The fourth-order valence-corrected chi connectivity index (χ4v) is 3.10. The normalized spacial score (nSPS) is 17.2. The maximum Gasteiger partial charge on any atom is 0.326 e. The Bertz CT molecular complexity index is 739. The molecule has 1 N–H and O–H groups in total. The third-order valence-corrected chi connectivity index (χ3v) is 4.29. The monoisotopic (exact) mass is 328 g/mol. The minimum Gasteiger partial charge on any atom is -0.480 e. The molecule has 1 aromatic carbocycles. The lowest BCUT2D eigenvalue weighted by Gasteiger charge is -2.20. The van der Waals surface area contributed by atoms with Crippen molar-refractivity contribution in [1.29, 1.82) is 0 Å². The SMILES string of the molecule is Cc1nc(CCC(=O)N2CCC[C@@H]2C(=O)O)oc1-c1ccccc1. The molecule has 0 bridgehead atoms. The van der Waals surface area contributed by atoms with Crippen molar-refractivity contribution >= 4 is 11.9 Å². The summed E-state index contributed by atoms with van der Waals surface area (Å²) in [6.45, 7) is 2.38. The zero-order valence-electron chi connectivity index (χ0n) is 13.6. The first-order valence-corrected chi connectivity index (χ1v) is 8.10. The lowest BCUT2D eigenvalue weighted by molar-refractivity contribution is -0.148. The third-order valence-electron chi connectivity index (χ3n) is 4.29. The van der Waals surface area contributed by atoms with E-state index in [1.165, 1.54) is 4.90 Å². The molecular weight excluding hydrogens is 308 g/mol. The summed E-state index contributed by atoms with van der Waals surface area (Å²) in [7, 11) is 0. The van der Waals surface area contributed by atoms with Gasteiger partial charge in [-0.2, -0.15) is 0 Å². The maximum atomic E-state index is 12.3. The van der Waals surface area contributed by atoms with Crippen molar-refractivity contribution in [3.8, 4) is 11.3 Å². The molecule has 1 aliphatic heterocycles. The fraction of sp³-hybridized carbons (Fsp3) is 0.389. The number of amides is 1. The van der Waals surface area contributed by atoms with Gasteiger partial charge in [-0.3, -0.25) is 4.79 Å². The number of aromatic nitrogens is 1. The minimum atomic E-state index is -0.931. The summed E-state index contributed by atoms with van der Waals surface area (Å²) in [5, 5.41) is 9.16. The van der Waals surface area contributed by atoms with Crippen LogP contribution in [-0.2, 0) is 16.0 Å². The van der Waals surface area contributed by atoms with Gasteiger partial charge in [0, 0.05) is 24.9 Å². The molecule has 1 atom stereocenters. The van der Waals surface area contributed by atoms with Crippen LogP contribution in [0.15, 0.2) is 34.7 Å². The molecule has 0 radical (unpaired) electrons. The Balaban J connectivity index is 1.65. The van der Waals surface area contributed by atoms with E-state index in [9.17, 15) is 9.59 Å². The van der Waals surface area contributed by atoms with Crippen LogP contribution in [0.3, 0.4) is 0 Å². The zero-order valence-corrected chi connectivity index (χ0v) is 13.6. The molecule has 0 unspecified atom stereocenters. The van der Waals surface area contributed by atoms with Crippen molar-refractivity contribution in [2.24, 2.45) is 0 Å². The molecule has 0 saturated carbocycles. The molecule has 2 aromatic rings. The number of nitrogens with zero attached hydrogens (tertiary/aromatic N) is 2. The number of likely N-dealkylation sites (tertiary alicyclic amines) is 1. The Morgan fingerprint density at radius 1 is 1.33 bits per heavy atom. The van der Waals surface area contributed by atoms with Crippen molar-refractivity contribution < 1.29 is 19.1 Å². The second-order valence-corrected chi connectivity index (χ2v) is 5.97. The van der Waals surface area contributed by atoms with Gasteiger partial charge in [0.2, 0.25) is 5.91 Å². The maximum absolute atomic E-state index is 12.3. The number of carbonyl (C=O) groups is 2. The molecule has 3 rings (SSSR count). The first-order valence-electron chi connectivity index (χ1n) is 8.10. The van der Waals surface area contributed by atoms with E-state index >= 15 is 0 Å². The molecule has 1 amide bonds. The molecule has 1 fully saturated rings. The molecule has 6 heteroatoms. The van der Waals surface area contributed by atoms with E-state index in [4.69, 9.17) is 9.52 Å². The van der Waals surface area contributed by atoms with Crippen LogP contribution in [0.4, 0.5) is 0 Å². The van der Waals surface area contributed by atoms with Crippen molar-refractivity contribution in [2.45, 2.75) is 38.6 Å². The molecule has 24 heavy (non-hydrogen) atoms. The van der Waals surface area contributed by atoms with Gasteiger partial charge in [0.05, 0.1) is 5.69 Å². The molecular formula is C18H20N2O4. The number of hydrogen-bond donors (Lipinski definition) is 1. The number of carboxylic acids is 1. The Kier molecular flexibility index (Phi) is 4.64. The number of aliphatic carboxylic acids is 1. The number of oxazole rings is 1. The summed E-state index contributed by atoms with van der Waals surface area (Å²) in [5.74, 6) is 0.129.